The summed E-state index contributed by atoms with van der Waals surface area (Å²) in [4.78, 5) is 10.5. The molecule has 4 nitrogen and oxygen atoms in total. The Bertz CT molecular complexity index is 461. The first kappa shape index (κ1) is 12.6. The summed E-state index contributed by atoms with van der Waals surface area (Å²) in [7, 11) is 0. The highest BCUT2D eigenvalue weighted by Crippen LogP contribution is 2.36. The van der Waals surface area contributed by atoms with Gasteiger partial charge in [0.05, 0.1) is 15.0 Å². The van der Waals surface area contributed by atoms with E-state index in [0.717, 1.165) is 12.8 Å². The Morgan fingerprint density at radius 1 is 1.41 bits per heavy atom. The first-order valence-electron chi connectivity index (χ1n) is 5.37. The second kappa shape index (κ2) is 4.80. The van der Waals surface area contributed by atoms with Gasteiger partial charge in [0.15, 0.2) is 0 Å². The van der Waals surface area contributed by atoms with E-state index in [1.165, 1.54) is 6.07 Å². The van der Waals surface area contributed by atoms with Gasteiger partial charge in [-0.1, -0.05) is 23.2 Å². The second-order valence-corrected chi connectivity index (χ2v) is 5.17. The number of halogens is 2. The maximum Gasteiger partial charge on any atom is 0.274 e. The maximum absolute atomic E-state index is 10.9. The van der Waals surface area contributed by atoms with Crippen LogP contribution in [0.2, 0.25) is 10.0 Å². The SMILES string of the molecule is NC(Cc1cc(Cl)c(Cl)cc1[N+](=O)[O-])C1CC1. The summed E-state index contributed by atoms with van der Waals surface area (Å²) < 4.78 is 0. The average Bonchev–Trinajstić information content (AvgIpc) is 3.06. The lowest BCUT2D eigenvalue weighted by atomic mass is 10.0. The molecular weight excluding hydrogens is 263 g/mol. The Balaban J connectivity index is 2.29. The van der Waals surface area contributed by atoms with Crippen LogP contribution in [0, 0.1) is 16.0 Å². The van der Waals surface area contributed by atoms with Crippen LogP contribution in [0.4, 0.5) is 5.69 Å². The van der Waals surface area contributed by atoms with Crippen molar-refractivity contribution >= 4 is 28.9 Å². The van der Waals surface area contributed by atoms with E-state index in [4.69, 9.17) is 28.9 Å². The fourth-order valence-electron chi connectivity index (χ4n) is 1.86. The van der Waals surface area contributed by atoms with Gasteiger partial charge in [-0.15, -0.1) is 0 Å². The van der Waals surface area contributed by atoms with Gasteiger partial charge in [-0.05, 0) is 31.2 Å². The van der Waals surface area contributed by atoms with Gasteiger partial charge in [-0.25, -0.2) is 0 Å². The van der Waals surface area contributed by atoms with Crippen LogP contribution >= 0.6 is 23.2 Å². The van der Waals surface area contributed by atoms with Crippen molar-refractivity contribution < 1.29 is 4.92 Å². The van der Waals surface area contributed by atoms with Crippen LogP contribution in [-0.2, 0) is 6.42 Å². The number of hydrogen-bond acceptors (Lipinski definition) is 3. The van der Waals surface area contributed by atoms with E-state index in [1.54, 1.807) is 6.07 Å². The third-order valence-electron chi connectivity index (χ3n) is 3.00. The van der Waals surface area contributed by atoms with Crippen LogP contribution in [0.15, 0.2) is 12.1 Å². The van der Waals surface area contributed by atoms with E-state index >= 15 is 0 Å². The molecule has 2 rings (SSSR count). The summed E-state index contributed by atoms with van der Waals surface area (Å²) in [5.74, 6) is 0.490. The van der Waals surface area contributed by atoms with E-state index in [-0.39, 0.29) is 16.8 Å². The van der Waals surface area contributed by atoms with Crippen LogP contribution in [-0.4, -0.2) is 11.0 Å². The Kier molecular flexibility index (Phi) is 3.56. The average molecular weight is 275 g/mol. The minimum absolute atomic E-state index is 0.00417. The molecule has 1 unspecified atom stereocenters. The van der Waals surface area contributed by atoms with Crippen LogP contribution in [0.1, 0.15) is 18.4 Å². The summed E-state index contributed by atoms with van der Waals surface area (Å²) in [6, 6.07) is 2.80. The highest BCUT2D eigenvalue weighted by Gasteiger charge is 2.30. The molecule has 2 N–H and O–H groups in total. The zero-order valence-corrected chi connectivity index (χ0v) is 10.5. The van der Waals surface area contributed by atoms with Gasteiger partial charge >= 0.3 is 0 Å². The van der Waals surface area contributed by atoms with E-state index in [9.17, 15) is 10.1 Å². The second-order valence-electron chi connectivity index (χ2n) is 4.36. The monoisotopic (exact) mass is 274 g/mol. The topological polar surface area (TPSA) is 69.2 Å². The van der Waals surface area contributed by atoms with Gasteiger partial charge in [0.25, 0.3) is 5.69 Å². The molecule has 0 heterocycles. The quantitative estimate of drug-likeness (QED) is 0.677. The van der Waals surface area contributed by atoms with Crippen LogP contribution < -0.4 is 5.73 Å². The number of nitrogens with zero attached hydrogens (tertiary/aromatic N) is 1. The Labute approximate surface area is 109 Å². The molecule has 6 heteroatoms. The molecule has 1 aromatic carbocycles. The smallest absolute Gasteiger partial charge is 0.274 e. The van der Waals surface area contributed by atoms with Gasteiger partial charge < -0.3 is 5.73 Å². The molecule has 92 valence electrons. The Morgan fingerprint density at radius 2 is 2.00 bits per heavy atom. The number of hydrogen-bond donors (Lipinski definition) is 1. The van der Waals surface area contributed by atoms with Crippen LogP contribution in [0.25, 0.3) is 0 Å². The first-order chi connectivity index (χ1) is 7.99. The largest absolute Gasteiger partial charge is 0.327 e. The third kappa shape index (κ3) is 2.89. The van der Waals surface area contributed by atoms with Crippen molar-refractivity contribution in [3.63, 3.8) is 0 Å². The highest BCUT2D eigenvalue weighted by atomic mass is 35.5. The van der Waals surface area contributed by atoms with Crippen molar-refractivity contribution in [1.82, 2.24) is 0 Å². The van der Waals surface area contributed by atoms with Gasteiger partial charge in [0.1, 0.15) is 0 Å². The predicted octanol–water partition coefficient (Wildman–Crippen LogP) is 3.18. The standard InChI is InChI=1S/C11H12Cl2N2O2/c12-8-3-7(4-10(14)6-1-2-6)11(15(16)17)5-9(8)13/h3,5-6,10H,1-2,4,14H2. The normalized spacial score (nSPS) is 16.9. The molecule has 0 aromatic heterocycles. The Hall–Kier alpha value is -0.840. The molecular formula is C11H12Cl2N2O2. The van der Waals surface area contributed by atoms with Crippen molar-refractivity contribution in [2.24, 2.45) is 11.7 Å². The third-order valence-corrected chi connectivity index (χ3v) is 3.72. The van der Waals surface area contributed by atoms with Gasteiger partial charge in [0.2, 0.25) is 0 Å². The predicted molar refractivity (Wildman–Crippen MR) is 67.5 cm³/mol. The fourth-order valence-corrected chi connectivity index (χ4v) is 2.20. The summed E-state index contributed by atoms with van der Waals surface area (Å²) in [5.41, 5.74) is 6.52. The van der Waals surface area contributed by atoms with Gasteiger partial charge in [-0.2, -0.15) is 0 Å². The van der Waals surface area contributed by atoms with E-state index in [1.807, 2.05) is 0 Å². The van der Waals surface area contributed by atoms with Crippen LogP contribution in [0.5, 0.6) is 0 Å². The first-order valence-corrected chi connectivity index (χ1v) is 6.12. The summed E-state index contributed by atoms with van der Waals surface area (Å²) in [6.45, 7) is 0. The number of rotatable bonds is 4. The van der Waals surface area contributed by atoms with Gasteiger partial charge in [0, 0.05) is 17.7 Å². The van der Waals surface area contributed by atoms with E-state index < -0.39 is 4.92 Å². The summed E-state index contributed by atoms with van der Waals surface area (Å²) in [6.07, 6.45) is 2.68. The molecule has 1 aromatic rings. The molecule has 0 amide bonds. The summed E-state index contributed by atoms with van der Waals surface area (Å²) in [5, 5.41) is 11.4. The molecule has 0 radical (unpaired) electrons. The lowest BCUT2D eigenvalue weighted by molar-refractivity contribution is -0.385. The zero-order chi connectivity index (χ0) is 12.6. The molecule has 0 saturated heterocycles. The molecule has 0 aliphatic heterocycles. The van der Waals surface area contributed by atoms with E-state index in [2.05, 4.69) is 0 Å². The lowest BCUT2D eigenvalue weighted by Crippen LogP contribution is -2.25. The minimum atomic E-state index is -0.447. The number of benzene rings is 1. The zero-order valence-electron chi connectivity index (χ0n) is 9.03. The Morgan fingerprint density at radius 3 is 2.53 bits per heavy atom. The molecule has 1 aliphatic rings. The number of nitrogens with two attached hydrogens (primary N) is 1. The minimum Gasteiger partial charge on any atom is -0.327 e. The molecule has 0 bridgehead atoms. The molecule has 0 spiro atoms. The molecule has 1 saturated carbocycles. The van der Waals surface area contributed by atoms with Crippen molar-refractivity contribution in [3.8, 4) is 0 Å². The molecule has 1 atom stereocenters. The van der Waals surface area contributed by atoms with Crippen molar-refractivity contribution in [2.75, 3.05) is 0 Å². The lowest BCUT2D eigenvalue weighted by Gasteiger charge is -2.11. The van der Waals surface area contributed by atoms with Crippen molar-refractivity contribution in [1.29, 1.82) is 0 Å². The fraction of sp³-hybridized carbons (Fsp3) is 0.455. The van der Waals surface area contributed by atoms with Crippen molar-refractivity contribution in [2.45, 2.75) is 25.3 Å². The number of nitro benzene ring substituents is 1. The van der Waals surface area contributed by atoms with Gasteiger partial charge in [-0.3, -0.25) is 10.1 Å². The molecule has 1 aliphatic carbocycles. The molecule has 1 fully saturated rings. The maximum atomic E-state index is 10.9. The molecule has 17 heavy (non-hydrogen) atoms. The highest BCUT2D eigenvalue weighted by molar-refractivity contribution is 6.42. The number of nitro groups is 1. The van der Waals surface area contributed by atoms with E-state index in [0.29, 0.717) is 22.9 Å². The summed E-state index contributed by atoms with van der Waals surface area (Å²) >= 11 is 11.6. The van der Waals surface area contributed by atoms with Crippen molar-refractivity contribution in [3.05, 3.63) is 37.9 Å². The van der Waals surface area contributed by atoms with Crippen LogP contribution in [0.3, 0.4) is 0 Å².